The van der Waals surface area contributed by atoms with E-state index in [9.17, 15) is 13.9 Å². The Bertz CT molecular complexity index is 570. The summed E-state index contributed by atoms with van der Waals surface area (Å²) in [4.78, 5) is 0. The van der Waals surface area contributed by atoms with Crippen LogP contribution < -0.4 is 4.74 Å². The quantitative estimate of drug-likeness (QED) is 0.918. The summed E-state index contributed by atoms with van der Waals surface area (Å²) in [5, 5.41) is 10.00. The highest BCUT2D eigenvalue weighted by Crippen LogP contribution is 2.23. The number of hydrogen-bond donors (Lipinski definition) is 1. The highest BCUT2D eigenvalue weighted by atomic mass is 19.1. The molecular weight excluding hydrogens is 250 g/mol. The summed E-state index contributed by atoms with van der Waals surface area (Å²) in [5.74, 6) is -0.526. The van der Waals surface area contributed by atoms with Crippen molar-refractivity contribution in [3.63, 3.8) is 0 Å². The first kappa shape index (κ1) is 13.5. The van der Waals surface area contributed by atoms with Crippen molar-refractivity contribution in [1.82, 2.24) is 0 Å². The summed E-state index contributed by atoms with van der Waals surface area (Å²) >= 11 is 0. The van der Waals surface area contributed by atoms with Crippen LogP contribution in [0.3, 0.4) is 0 Å². The average molecular weight is 264 g/mol. The van der Waals surface area contributed by atoms with Crippen LogP contribution in [0.2, 0.25) is 0 Å². The molecule has 2 aromatic carbocycles. The van der Waals surface area contributed by atoms with Gasteiger partial charge in [0.2, 0.25) is 0 Å². The van der Waals surface area contributed by atoms with E-state index in [4.69, 9.17) is 4.74 Å². The van der Waals surface area contributed by atoms with E-state index in [0.29, 0.717) is 5.75 Å². The second kappa shape index (κ2) is 5.80. The van der Waals surface area contributed by atoms with E-state index >= 15 is 0 Å². The molecule has 0 heterocycles. The van der Waals surface area contributed by atoms with Gasteiger partial charge >= 0.3 is 0 Å². The number of halogens is 2. The fourth-order valence-electron chi connectivity index (χ4n) is 1.90. The van der Waals surface area contributed by atoms with E-state index in [1.54, 1.807) is 31.4 Å². The lowest BCUT2D eigenvalue weighted by atomic mass is 10.0. The van der Waals surface area contributed by atoms with Gasteiger partial charge in [-0.2, -0.15) is 0 Å². The van der Waals surface area contributed by atoms with Crippen LogP contribution in [0.15, 0.2) is 42.5 Å². The molecule has 1 N–H and O–H groups in total. The zero-order valence-electron chi connectivity index (χ0n) is 10.4. The molecule has 0 saturated carbocycles. The molecular formula is C15H14F2O2. The Morgan fingerprint density at radius 2 is 1.95 bits per heavy atom. The summed E-state index contributed by atoms with van der Waals surface area (Å²) < 4.78 is 31.7. The van der Waals surface area contributed by atoms with Gasteiger partial charge in [0.15, 0.2) is 0 Å². The SMILES string of the molecule is COc1cccc(CC(O)c2cc(F)ccc2F)c1. The Morgan fingerprint density at radius 1 is 1.16 bits per heavy atom. The predicted octanol–water partition coefficient (Wildman–Crippen LogP) is 3.25. The molecule has 0 saturated heterocycles. The monoisotopic (exact) mass is 264 g/mol. The van der Waals surface area contributed by atoms with Gasteiger partial charge in [0.1, 0.15) is 17.4 Å². The number of aliphatic hydroxyl groups excluding tert-OH is 1. The minimum atomic E-state index is -1.09. The molecule has 4 heteroatoms. The number of ether oxygens (including phenoxy) is 1. The van der Waals surface area contributed by atoms with Gasteiger partial charge in [-0.05, 0) is 35.9 Å². The topological polar surface area (TPSA) is 29.5 Å². The smallest absolute Gasteiger partial charge is 0.129 e. The summed E-state index contributed by atoms with van der Waals surface area (Å²) in [6.07, 6.45) is -0.903. The number of hydrogen-bond acceptors (Lipinski definition) is 2. The van der Waals surface area contributed by atoms with Crippen molar-refractivity contribution >= 4 is 0 Å². The third-order valence-corrected chi connectivity index (χ3v) is 2.88. The van der Waals surface area contributed by atoms with Gasteiger partial charge < -0.3 is 9.84 Å². The molecule has 0 aliphatic rings. The fraction of sp³-hybridized carbons (Fsp3) is 0.200. The maximum absolute atomic E-state index is 13.5. The molecule has 2 nitrogen and oxygen atoms in total. The van der Waals surface area contributed by atoms with Crippen molar-refractivity contribution in [3.8, 4) is 5.75 Å². The minimum absolute atomic E-state index is 0.0391. The van der Waals surface area contributed by atoms with Gasteiger partial charge in [0.05, 0.1) is 13.2 Å². The van der Waals surface area contributed by atoms with E-state index in [1.165, 1.54) is 0 Å². The number of benzene rings is 2. The maximum atomic E-state index is 13.5. The van der Waals surface area contributed by atoms with Gasteiger partial charge in [-0.3, -0.25) is 0 Å². The van der Waals surface area contributed by atoms with E-state index in [1.807, 2.05) is 0 Å². The Balaban J connectivity index is 2.20. The summed E-state index contributed by atoms with van der Waals surface area (Å²) in [5.41, 5.74) is 0.748. The third-order valence-electron chi connectivity index (χ3n) is 2.88. The Labute approximate surface area is 110 Å². The van der Waals surface area contributed by atoms with Crippen LogP contribution in [-0.2, 0) is 6.42 Å². The van der Waals surface area contributed by atoms with Crippen LogP contribution in [0.4, 0.5) is 8.78 Å². The Morgan fingerprint density at radius 3 is 2.68 bits per heavy atom. The summed E-state index contributed by atoms with van der Waals surface area (Å²) in [6, 6.07) is 10.2. The summed E-state index contributed by atoms with van der Waals surface area (Å²) in [7, 11) is 1.54. The van der Waals surface area contributed by atoms with Crippen molar-refractivity contribution in [3.05, 3.63) is 65.2 Å². The van der Waals surface area contributed by atoms with E-state index < -0.39 is 17.7 Å². The van der Waals surface area contributed by atoms with Crippen LogP contribution in [-0.4, -0.2) is 12.2 Å². The molecule has 19 heavy (non-hydrogen) atoms. The first-order chi connectivity index (χ1) is 9.10. The molecule has 2 aromatic rings. The zero-order valence-corrected chi connectivity index (χ0v) is 10.4. The first-order valence-corrected chi connectivity index (χ1v) is 5.86. The lowest BCUT2D eigenvalue weighted by Gasteiger charge is -2.13. The summed E-state index contributed by atoms with van der Waals surface area (Å²) in [6.45, 7) is 0. The van der Waals surface area contributed by atoms with Crippen LogP contribution >= 0.6 is 0 Å². The van der Waals surface area contributed by atoms with Gasteiger partial charge in [0, 0.05) is 12.0 Å². The fourth-order valence-corrected chi connectivity index (χ4v) is 1.90. The van der Waals surface area contributed by atoms with E-state index in [0.717, 1.165) is 23.8 Å². The van der Waals surface area contributed by atoms with Crippen LogP contribution in [0.1, 0.15) is 17.2 Å². The average Bonchev–Trinajstić information content (AvgIpc) is 2.41. The minimum Gasteiger partial charge on any atom is -0.497 e. The lowest BCUT2D eigenvalue weighted by molar-refractivity contribution is 0.173. The molecule has 0 spiro atoms. The second-order valence-electron chi connectivity index (χ2n) is 4.24. The maximum Gasteiger partial charge on any atom is 0.129 e. The molecule has 2 rings (SSSR count). The number of methoxy groups -OCH3 is 1. The molecule has 0 aliphatic carbocycles. The molecule has 0 bridgehead atoms. The molecule has 1 atom stereocenters. The van der Waals surface area contributed by atoms with Gasteiger partial charge in [0.25, 0.3) is 0 Å². The van der Waals surface area contributed by atoms with Crippen molar-refractivity contribution in [2.45, 2.75) is 12.5 Å². The molecule has 0 amide bonds. The van der Waals surface area contributed by atoms with E-state index in [2.05, 4.69) is 0 Å². The van der Waals surface area contributed by atoms with Crippen molar-refractivity contribution in [2.75, 3.05) is 7.11 Å². The highest BCUT2D eigenvalue weighted by molar-refractivity contribution is 5.30. The normalized spacial score (nSPS) is 12.2. The van der Waals surface area contributed by atoms with E-state index in [-0.39, 0.29) is 12.0 Å². The highest BCUT2D eigenvalue weighted by Gasteiger charge is 2.14. The van der Waals surface area contributed by atoms with Gasteiger partial charge in [-0.25, -0.2) is 8.78 Å². The Hall–Kier alpha value is -1.94. The number of aliphatic hydroxyl groups is 1. The molecule has 0 aromatic heterocycles. The van der Waals surface area contributed by atoms with Crippen molar-refractivity contribution in [2.24, 2.45) is 0 Å². The lowest BCUT2D eigenvalue weighted by Crippen LogP contribution is -2.05. The zero-order chi connectivity index (χ0) is 13.8. The number of rotatable bonds is 4. The first-order valence-electron chi connectivity index (χ1n) is 5.86. The Kier molecular flexibility index (Phi) is 4.12. The molecule has 0 fully saturated rings. The standard InChI is InChI=1S/C15H14F2O2/c1-19-12-4-2-3-10(7-12)8-15(18)13-9-11(16)5-6-14(13)17/h2-7,9,15,18H,8H2,1H3. The van der Waals surface area contributed by atoms with Crippen molar-refractivity contribution < 1.29 is 18.6 Å². The third kappa shape index (κ3) is 3.29. The molecule has 0 aliphatic heterocycles. The van der Waals surface area contributed by atoms with Gasteiger partial charge in [-0.1, -0.05) is 12.1 Å². The van der Waals surface area contributed by atoms with Crippen LogP contribution in [0.5, 0.6) is 5.75 Å². The predicted molar refractivity (Wildman–Crippen MR) is 68.0 cm³/mol. The molecule has 1 unspecified atom stereocenters. The van der Waals surface area contributed by atoms with Crippen LogP contribution in [0, 0.1) is 11.6 Å². The van der Waals surface area contributed by atoms with Crippen LogP contribution in [0.25, 0.3) is 0 Å². The largest absolute Gasteiger partial charge is 0.497 e. The molecule has 100 valence electrons. The second-order valence-corrected chi connectivity index (χ2v) is 4.24. The molecule has 0 radical (unpaired) electrons. The van der Waals surface area contributed by atoms with Crippen molar-refractivity contribution in [1.29, 1.82) is 0 Å². The van der Waals surface area contributed by atoms with Gasteiger partial charge in [-0.15, -0.1) is 0 Å².